The van der Waals surface area contributed by atoms with Crippen molar-refractivity contribution in [2.24, 2.45) is 28.1 Å². The minimum Gasteiger partial charge on any atom is -0.492 e. The number of nitrogens with two attached hydrogens (primary N) is 3. The van der Waals surface area contributed by atoms with Crippen molar-refractivity contribution in [3.05, 3.63) is 29.3 Å². The third kappa shape index (κ3) is 4.12. The van der Waals surface area contributed by atoms with E-state index in [9.17, 15) is 19.8 Å². The lowest BCUT2D eigenvalue weighted by atomic mass is 9.79. The van der Waals surface area contributed by atoms with E-state index in [0.29, 0.717) is 17.9 Å². The Morgan fingerprint density at radius 2 is 2.00 bits per heavy atom. The third-order valence-electron chi connectivity index (χ3n) is 8.65. The molecule has 40 heavy (non-hydrogen) atoms. The number of guanidine groups is 2. The molecule has 2 amide bonds. The second-order valence-corrected chi connectivity index (χ2v) is 12.0. The number of carbonyl (C=O) groups excluding carboxylic acids is 2. The van der Waals surface area contributed by atoms with Crippen molar-refractivity contribution in [3.63, 3.8) is 0 Å². The molecule has 4 aliphatic heterocycles. The number of carbonyl (C=O) groups is 2. The largest absolute Gasteiger partial charge is 0.492 e. The van der Waals surface area contributed by atoms with Gasteiger partial charge in [0.15, 0.2) is 5.96 Å². The Morgan fingerprint density at radius 3 is 2.70 bits per heavy atom. The van der Waals surface area contributed by atoms with Crippen LogP contribution in [0.4, 0.5) is 0 Å². The summed E-state index contributed by atoms with van der Waals surface area (Å²) in [6.45, 7) is 8.29. The van der Waals surface area contributed by atoms with E-state index in [4.69, 9.17) is 21.9 Å². The zero-order valence-electron chi connectivity index (χ0n) is 23.2. The highest BCUT2D eigenvalue weighted by Crippen LogP contribution is 2.43. The van der Waals surface area contributed by atoms with Crippen molar-refractivity contribution in [1.82, 2.24) is 21.3 Å². The summed E-state index contributed by atoms with van der Waals surface area (Å²) in [5.74, 6) is -2.99. The SMILES string of the molecule is CC(C)[C@H](N)C(=O)NC[C@@H]1NC(N)=[N+]2CC(NC(=O)c3cccc4c3OCCC4(C)C)C(O)(O)[C@@]23NC(N)=N[C@@H]13. The molecule has 12 N–H and O–H groups in total. The lowest BCUT2D eigenvalue weighted by Crippen LogP contribution is -2.79. The van der Waals surface area contributed by atoms with Crippen LogP contribution >= 0.6 is 0 Å². The van der Waals surface area contributed by atoms with Crippen molar-refractivity contribution in [2.75, 3.05) is 19.7 Å². The van der Waals surface area contributed by atoms with Crippen LogP contribution in [-0.2, 0) is 10.2 Å². The van der Waals surface area contributed by atoms with Gasteiger partial charge in [0.25, 0.3) is 5.91 Å². The van der Waals surface area contributed by atoms with E-state index in [2.05, 4.69) is 40.1 Å². The van der Waals surface area contributed by atoms with E-state index >= 15 is 0 Å². The molecule has 14 heteroatoms. The Bertz CT molecular complexity index is 1290. The zero-order chi connectivity index (χ0) is 29.2. The maximum Gasteiger partial charge on any atom is 0.346 e. The van der Waals surface area contributed by atoms with Gasteiger partial charge < -0.3 is 42.4 Å². The predicted molar refractivity (Wildman–Crippen MR) is 146 cm³/mol. The van der Waals surface area contributed by atoms with Crippen LogP contribution < -0.4 is 43.2 Å². The maximum atomic E-state index is 13.6. The summed E-state index contributed by atoms with van der Waals surface area (Å²) < 4.78 is 7.40. The minimum atomic E-state index is -2.59. The van der Waals surface area contributed by atoms with Gasteiger partial charge in [-0.25, -0.2) is 9.57 Å². The minimum absolute atomic E-state index is 0.0334. The highest BCUT2D eigenvalue weighted by atomic mass is 16.5. The first-order chi connectivity index (χ1) is 18.7. The topological polar surface area (TPSA) is 225 Å². The summed E-state index contributed by atoms with van der Waals surface area (Å²) in [6.07, 6.45) is 0.809. The van der Waals surface area contributed by atoms with Crippen LogP contribution in [-0.4, -0.2) is 93.8 Å². The van der Waals surface area contributed by atoms with E-state index in [1.807, 2.05) is 19.9 Å². The maximum absolute atomic E-state index is 13.6. The molecule has 5 atom stereocenters. The molecule has 4 aliphatic rings. The van der Waals surface area contributed by atoms with Crippen LogP contribution in [0.5, 0.6) is 5.75 Å². The van der Waals surface area contributed by atoms with Crippen LogP contribution in [0.25, 0.3) is 0 Å². The van der Waals surface area contributed by atoms with Gasteiger partial charge in [-0.15, -0.1) is 0 Å². The molecule has 1 saturated heterocycles. The highest BCUT2D eigenvalue weighted by molar-refractivity contribution is 5.98. The van der Waals surface area contributed by atoms with E-state index in [1.54, 1.807) is 12.1 Å². The third-order valence-corrected chi connectivity index (χ3v) is 8.65. The number of aliphatic imine (C=N–C) groups is 1. The molecular formula is C26H40N9O5+. The Balaban J connectivity index is 1.42. The van der Waals surface area contributed by atoms with Gasteiger partial charge in [-0.2, -0.15) is 0 Å². The summed E-state index contributed by atoms with van der Waals surface area (Å²) in [7, 11) is 0. The second-order valence-electron chi connectivity index (χ2n) is 12.0. The molecule has 1 aromatic carbocycles. The lowest BCUT2D eigenvalue weighted by Gasteiger charge is -2.43. The smallest absolute Gasteiger partial charge is 0.346 e. The number of nitrogens with zero attached hydrogens (tertiary/aromatic N) is 2. The average Bonchev–Trinajstić information content (AvgIpc) is 3.35. The van der Waals surface area contributed by atoms with Gasteiger partial charge in [-0.05, 0) is 23.8 Å². The summed E-state index contributed by atoms with van der Waals surface area (Å²) in [5.41, 5.74) is 17.7. The standard InChI is InChI=1S/C26H39N9O5/c1-12(2)17(27)21(37)30-10-15-19-25(34-22(28)33-19)26(38,39)16(11-35(25)23(29)31-15)32-20(36)13-6-5-7-14-18(13)40-9-8-24(14,3)4/h5-7,12,15-17,19,38-39H,8-11,27H2,1-4H3,(H7,28,29,30,31,32,33,34,36,37)/p+1/t15-,16?,17-,19-,25-/m0/s1. The molecule has 4 heterocycles. The number of hydrogen-bond donors (Lipinski definition) is 9. The molecular weight excluding hydrogens is 518 g/mol. The number of nitrogens with one attached hydrogen (secondary N) is 4. The predicted octanol–water partition coefficient (Wildman–Crippen LogP) is -3.08. The fourth-order valence-corrected chi connectivity index (χ4v) is 6.14. The summed E-state index contributed by atoms with van der Waals surface area (Å²) in [5, 5.41) is 35.0. The summed E-state index contributed by atoms with van der Waals surface area (Å²) in [4.78, 5) is 30.5. The number of hydrogen-bond acceptors (Lipinski definition) is 11. The monoisotopic (exact) mass is 558 g/mol. The molecule has 218 valence electrons. The van der Waals surface area contributed by atoms with E-state index in [0.717, 1.165) is 12.0 Å². The van der Waals surface area contributed by atoms with E-state index in [-0.39, 0.29) is 42.2 Å². The zero-order valence-corrected chi connectivity index (χ0v) is 23.2. The number of benzene rings is 1. The molecule has 0 bridgehead atoms. The van der Waals surface area contributed by atoms with Crippen molar-refractivity contribution in [1.29, 1.82) is 0 Å². The first kappa shape index (κ1) is 27.9. The Kier molecular flexibility index (Phi) is 6.63. The molecule has 0 radical (unpaired) electrons. The molecule has 0 saturated carbocycles. The molecule has 0 aromatic heterocycles. The average molecular weight is 559 g/mol. The Labute approximate surface area is 232 Å². The lowest BCUT2D eigenvalue weighted by molar-refractivity contribution is -0.623. The number of rotatable bonds is 6. The van der Waals surface area contributed by atoms with Crippen molar-refractivity contribution in [2.45, 2.75) is 75.1 Å². The van der Waals surface area contributed by atoms with Crippen molar-refractivity contribution >= 4 is 23.7 Å². The Morgan fingerprint density at radius 1 is 1.27 bits per heavy atom. The van der Waals surface area contributed by atoms with Gasteiger partial charge in [-0.3, -0.25) is 20.6 Å². The number of fused-ring (bicyclic) bond motifs is 1. The van der Waals surface area contributed by atoms with Gasteiger partial charge in [0.05, 0.1) is 31.3 Å². The van der Waals surface area contributed by atoms with Crippen LogP contribution in [0.3, 0.4) is 0 Å². The van der Waals surface area contributed by atoms with Gasteiger partial charge in [-0.1, -0.05) is 39.8 Å². The Hall–Kier alpha value is -3.62. The number of amides is 2. The number of ether oxygens (including phenoxy) is 1. The fourth-order valence-electron chi connectivity index (χ4n) is 6.14. The quantitative estimate of drug-likeness (QED) is 0.126. The molecule has 1 aromatic rings. The van der Waals surface area contributed by atoms with Crippen LogP contribution in [0.2, 0.25) is 0 Å². The molecule has 1 unspecified atom stereocenters. The molecule has 1 fully saturated rings. The van der Waals surface area contributed by atoms with Crippen LogP contribution in [0.15, 0.2) is 23.2 Å². The molecule has 14 nitrogen and oxygen atoms in total. The van der Waals surface area contributed by atoms with Gasteiger partial charge in [0.2, 0.25) is 17.4 Å². The summed E-state index contributed by atoms with van der Waals surface area (Å²) in [6, 6.07) is 1.88. The number of aliphatic hydroxyl groups is 2. The first-order valence-corrected chi connectivity index (χ1v) is 13.5. The van der Waals surface area contributed by atoms with Gasteiger partial charge in [0, 0.05) is 5.56 Å². The van der Waals surface area contributed by atoms with E-state index < -0.39 is 41.5 Å². The molecule has 1 spiro atoms. The van der Waals surface area contributed by atoms with Gasteiger partial charge in [0.1, 0.15) is 23.9 Å². The van der Waals surface area contributed by atoms with Crippen LogP contribution in [0, 0.1) is 5.92 Å². The van der Waals surface area contributed by atoms with Crippen LogP contribution in [0.1, 0.15) is 50.0 Å². The fraction of sp³-hybridized carbons (Fsp3) is 0.615. The van der Waals surface area contributed by atoms with Crippen molar-refractivity contribution in [3.8, 4) is 5.75 Å². The van der Waals surface area contributed by atoms with Gasteiger partial charge >= 0.3 is 5.96 Å². The van der Waals surface area contributed by atoms with Crippen molar-refractivity contribution < 1.29 is 29.1 Å². The number of para-hydroxylation sites is 1. The molecule has 0 aliphatic carbocycles. The highest BCUT2D eigenvalue weighted by Gasteiger charge is 2.75. The second kappa shape index (κ2) is 9.49. The summed E-state index contributed by atoms with van der Waals surface area (Å²) >= 11 is 0. The molecule has 5 rings (SSSR count). The first-order valence-electron chi connectivity index (χ1n) is 13.5. The van der Waals surface area contributed by atoms with E-state index in [1.165, 1.54) is 4.58 Å². The normalized spacial score (nSPS) is 30.1.